The maximum atomic E-state index is 12.7. The minimum absolute atomic E-state index is 0.0153. The standard InChI is InChI=1S/C18H21ClF3N3O2/c1-11-4-2-3-5-14(11)24-25-17(27)9-8-16(26)23-15-10-12(18(20,21)22)6-7-13(15)19/h6-7,10-11H,2-5,8-9H2,1H3,(H,23,26)(H,25,27)/b24-14-. The summed E-state index contributed by atoms with van der Waals surface area (Å²) in [6, 6.07) is 2.65. The summed E-state index contributed by atoms with van der Waals surface area (Å²) in [7, 11) is 0. The average Bonchev–Trinajstić information content (AvgIpc) is 2.60. The molecule has 0 aromatic heterocycles. The first kappa shape index (κ1) is 21.2. The molecule has 0 radical (unpaired) electrons. The van der Waals surface area contributed by atoms with Gasteiger partial charge in [-0.15, -0.1) is 0 Å². The third kappa shape index (κ3) is 6.53. The third-order valence-corrected chi connectivity index (χ3v) is 4.69. The Morgan fingerprint density at radius 2 is 1.93 bits per heavy atom. The normalized spacial score (nSPS) is 19.0. The van der Waals surface area contributed by atoms with Crippen LogP contribution < -0.4 is 10.7 Å². The van der Waals surface area contributed by atoms with Crippen molar-refractivity contribution >= 4 is 34.8 Å². The molecule has 0 saturated heterocycles. The van der Waals surface area contributed by atoms with Crippen LogP contribution in [0.1, 0.15) is 51.0 Å². The fourth-order valence-electron chi connectivity index (χ4n) is 2.76. The highest BCUT2D eigenvalue weighted by Crippen LogP contribution is 2.33. The largest absolute Gasteiger partial charge is 0.416 e. The van der Waals surface area contributed by atoms with Gasteiger partial charge in [-0.1, -0.05) is 24.9 Å². The van der Waals surface area contributed by atoms with Gasteiger partial charge in [-0.05, 0) is 43.4 Å². The van der Waals surface area contributed by atoms with E-state index in [1.54, 1.807) is 0 Å². The summed E-state index contributed by atoms with van der Waals surface area (Å²) >= 11 is 5.82. The zero-order valence-electron chi connectivity index (χ0n) is 14.8. The van der Waals surface area contributed by atoms with E-state index in [0.717, 1.165) is 49.6 Å². The summed E-state index contributed by atoms with van der Waals surface area (Å²) < 4.78 is 38.2. The van der Waals surface area contributed by atoms with Gasteiger partial charge in [-0.3, -0.25) is 9.59 Å². The number of halogens is 4. The Balaban J connectivity index is 1.85. The highest BCUT2D eigenvalue weighted by molar-refractivity contribution is 6.33. The highest BCUT2D eigenvalue weighted by atomic mass is 35.5. The van der Waals surface area contributed by atoms with Gasteiger partial charge < -0.3 is 5.32 Å². The number of hydrogen-bond acceptors (Lipinski definition) is 3. The van der Waals surface area contributed by atoms with Crippen LogP contribution in [0.15, 0.2) is 23.3 Å². The minimum Gasteiger partial charge on any atom is -0.325 e. The second-order valence-electron chi connectivity index (χ2n) is 6.53. The minimum atomic E-state index is -4.54. The van der Waals surface area contributed by atoms with E-state index in [4.69, 9.17) is 11.6 Å². The maximum Gasteiger partial charge on any atom is 0.416 e. The fraction of sp³-hybridized carbons (Fsp3) is 0.500. The first-order chi connectivity index (χ1) is 12.7. The molecule has 27 heavy (non-hydrogen) atoms. The number of amides is 2. The van der Waals surface area contributed by atoms with Crippen molar-refractivity contribution in [3.05, 3.63) is 28.8 Å². The Bertz CT molecular complexity index is 735. The molecule has 0 bridgehead atoms. The number of benzene rings is 1. The van der Waals surface area contributed by atoms with Crippen molar-refractivity contribution in [2.45, 2.75) is 51.6 Å². The summed E-state index contributed by atoms with van der Waals surface area (Å²) in [5, 5.41) is 6.41. The van der Waals surface area contributed by atoms with Crippen molar-refractivity contribution in [3.63, 3.8) is 0 Å². The zero-order chi connectivity index (χ0) is 20.0. The lowest BCUT2D eigenvalue weighted by Gasteiger charge is -2.19. The van der Waals surface area contributed by atoms with Gasteiger partial charge in [0.2, 0.25) is 11.8 Å². The molecule has 0 aliphatic heterocycles. The van der Waals surface area contributed by atoms with Crippen molar-refractivity contribution in [1.29, 1.82) is 0 Å². The molecule has 1 aromatic carbocycles. The number of hydrogen-bond donors (Lipinski definition) is 2. The number of anilines is 1. The second-order valence-corrected chi connectivity index (χ2v) is 6.93. The monoisotopic (exact) mass is 403 g/mol. The molecule has 5 nitrogen and oxygen atoms in total. The quantitative estimate of drug-likeness (QED) is 0.696. The number of hydrazone groups is 1. The van der Waals surface area contributed by atoms with Crippen molar-refractivity contribution in [2.24, 2.45) is 11.0 Å². The van der Waals surface area contributed by atoms with Crippen molar-refractivity contribution in [3.8, 4) is 0 Å². The summed E-state index contributed by atoms with van der Waals surface area (Å²) in [5.74, 6) is -0.707. The van der Waals surface area contributed by atoms with Crippen LogP contribution in [0, 0.1) is 5.92 Å². The van der Waals surface area contributed by atoms with Gasteiger partial charge in [-0.25, -0.2) is 5.43 Å². The lowest BCUT2D eigenvalue weighted by atomic mass is 9.89. The first-order valence-electron chi connectivity index (χ1n) is 8.68. The van der Waals surface area contributed by atoms with Gasteiger partial charge in [-0.2, -0.15) is 18.3 Å². The number of rotatable bonds is 5. The van der Waals surface area contributed by atoms with Crippen LogP contribution in [0.5, 0.6) is 0 Å². The fourth-order valence-corrected chi connectivity index (χ4v) is 2.93. The third-order valence-electron chi connectivity index (χ3n) is 4.36. The summed E-state index contributed by atoms with van der Waals surface area (Å²) in [6.07, 6.45) is -0.803. The van der Waals surface area contributed by atoms with E-state index < -0.39 is 23.6 Å². The second kappa shape index (κ2) is 9.21. The summed E-state index contributed by atoms with van der Waals surface area (Å²) in [4.78, 5) is 23.8. The topological polar surface area (TPSA) is 70.6 Å². The van der Waals surface area contributed by atoms with E-state index in [2.05, 4.69) is 22.8 Å². The molecule has 9 heteroatoms. The van der Waals surface area contributed by atoms with Gasteiger partial charge in [0.15, 0.2) is 0 Å². The van der Waals surface area contributed by atoms with Gasteiger partial charge in [0.25, 0.3) is 0 Å². The van der Waals surface area contributed by atoms with Gasteiger partial charge in [0.05, 0.1) is 16.3 Å². The number of carbonyl (C=O) groups is 2. The SMILES string of the molecule is CC1CCCC/C1=N/NC(=O)CCC(=O)Nc1cc(C(F)(F)F)ccc1Cl. The van der Waals surface area contributed by atoms with E-state index in [9.17, 15) is 22.8 Å². The number of nitrogens with zero attached hydrogens (tertiary/aromatic N) is 1. The lowest BCUT2D eigenvalue weighted by molar-refractivity contribution is -0.137. The molecular formula is C18H21ClF3N3O2. The molecule has 0 spiro atoms. The van der Waals surface area contributed by atoms with Crippen LogP contribution in [0.3, 0.4) is 0 Å². The van der Waals surface area contributed by atoms with Crippen LogP contribution >= 0.6 is 11.6 Å². The maximum absolute atomic E-state index is 12.7. The smallest absolute Gasteiger partial charge is 0.325 e. The lowest BCUT2D eigenvalue weighted by Crippen LogP contribution is -2.25. The molecule has 1 aromatic rings. The van der Waals surface area contributed by atoms with Crippen LogP contribution in [-0.2, 0) is 15.8 Å². The average molecular weight is 404 g/mol. The Labute approximate surface area is 160 Å². The summed E-state index contributed by atoms with van der Waals surface area (Å²) in [5.41, 5.74) is 2.31. The van der Waals surface area contributed by atoms with E-state index in [1.807, 2.05) is 0 Å². The van der Waals surface area contributed by atoms with Crippen LogP contribution in [-0.4, -0.2) is 17.5 Å². The van der Waals surface area contributed by atoms with Gasteiger partial charge in [0.1, 0.15) is 0 Å². The molecule has 2 amide bonds. The predicted octanol–water partition coefficient (Wildman–Crippen LogP) is 4.76. The Morgan fingerprint density at radius 1 is 1.22 bits per heavy atom. The Hall–Kier alpha value is -2.09. The van der Waals surface area contributed by atoms with E-state index in [-0.39, 0.29) is 23.6 Å². The van der Waals surface area contributed by atoms with Crippen LogP contribution in [0.2, 0.25) is 5.02 Å². The van der Waals surface area contributed by atoms with Gasteiger partial charge in [0, 0.05) is 18.6 Å². The Morgan fingerprint density at radius 3 is 2.59 bits per heavy atom. The molecule has 1 aliphatic rings. The number of alkyl halides is 3. The number of nitrogens with one attached hydrogen (secondary N) is 2. The van der Waals surface area contributed by atoms with Gasteiger partial charge >= 0.3 is 6.18 Å². The van der Waals surface area contributed by atoms with Crippen molar-refractivity contribution in [1.82, 2.24) is 5.43 Å². The van der Waals surface area contributed by atoms with Crippen molar-refractivity contribution in [2.75, 3.05) is 5.32 Å². The van der Waals surface area contributed by atoms with Crippen LogP contribution in [0.25, 0.3) is 0 Å². The van der Waals surface area contributed by atoms with Crippen molar-refractivity contribution < 1.29 is 22.8 Å². The molecule has 2 N–H and O–H groups in total. The molecule has 1 fully saturated rings. The molecule has 0 heterocycles. The molecule has 148 valence electrons. The number of carbonyl (C=O) groups excluding carboxylic acids is 2. The molecule has 1 unspecified atom stereocenters. The van der Waals surface area contributed by atoms with Crippen LogP contribution in [0.4, 0.5) is 18.9 Å². The summed E-state index contributed by atoms with van der Waals surface area (Å²) in [6.45, 7) is 2.05. The van der Waals surface area contributed by atoms with E-state index in [0.29, 0.717) is 5.92 Å². The first-order valence-corrected chi connectivity index (χ1v) is 9.06. The molecule has 2 rings (SSSR count). The molecular weight excluding hydrogens is 383 g/mol. The highest BCUT2D eigenvalue weighted by Gasteiger charge is 2.31. The van der Waals surface area contributed by atoms with E-state index >= 15 is 0 Å². The van der Waals surface area contributed by atoms with E-state index in [1.165, 1.54) is 0 Å². The Kier molecular flexibility index (Phi) is 7.24. The zero-order valence-corrected chi connectivity index (χ0v) is 15.6. The molecule has 1 saturated carbocycles. The predicted molar refractivity (Wildman–Crippen MR) is 97.5 cm³/mol. The molecule has 1 aliphatic carbocycles. The molecule has 1 atom stereocenters.